The Labute approximate surface area is 156 Å². The Morgan fingerprint density at radius 3 is 2.58 bits per heavy atom. The number of nitrogens with zero attached hydrogens (tertiary/aromatic N) is 3. The molecule has 2 aromatic rings. The smallest absolute Gasteiger partial charge is 0.244 e. The third-order valence-corrected chi connectivity index (χ3v) is 4.92. The maximum absolute atomic E-state index is 12.9. The van der Waals surface area contributed by atoms with Crippen LogP contribution in [0, 0.1) is 0 Å². The second-order valence-electron chi connectivity index (χ2n) is 5.24. The predicted octanol–water partition coefficient (Wildman–Crippen LogP) is 3.31. The van der Waals surface area contributed by atoms with Gasteiger partial charge in [0.05, 0.1) is 15.8 Å². The normalized spacial score (nSPS) is 12.7. The van der Waals surface area contributed by atoms with Crippen LogP contribution in [0.15, 0.2) is 54.3 Å². The molecular formula is C17H18ClN3OS2. The Bertz CT molecular complexity index is 753. The molecule has 24 heavy (non-hydrogen) atoms. The van der Waals surface area contributed by atoms with Gasteiger partial charge in [-0.1, -0.05) is 17.7 Å². The summed E-state index contributed by atoms with van der Waals surface area (Å²) in [6.45, 7) is 4.02. The molecule has 0 radical (unpaired) electrons. The molecule has 0 saturated heterocycles. The Morgan fingerprint density at radius 2 is 2.08 bits per heavy atom. The van der Waals surface area contributed by atoms with Gasteiger partial charge in [-0.15, -0.1) is 17.9 Å². The van der Waals surface area contributed by atoms with Crippen molar-refractivity contribution >= 4 is 52.1 Å². The van der Waals surface area contributed by atoms with Crippen LogP contribution in [0.3, 0.4) is 0 Å². The molecule has 7 heteroatoms. The quantitative estimate of drug-likeness (QED) is 0.185. The molecule has 0 saturated carbocycles. The Kier molecular flexibility index (Phi) is 6.48. The van der Waals surface area contributed by atoms with Crippen LogP contribution in [0.4, 0.5) is 5.69 Å². The van der Waals surface area contributed by atoms with Gasteiger partial charge in [0.2, 0.25) is 11.8 Å². The third kappa shape index (κ3) is 4.41. The average molecular weight is 380 g/mol. The van der Waals surface area contributed by atoms with Gasteiger partial charge in [0.15, 0.2) is 12.4 Å². The van der Waals surface area contributed by atoms with E-state index in [-0.39, 0.29) is 5.78 Å². The van der Waals surface area contributed by atoms with E-state index >= 15 is 0 Å². The van der Waals surface area contributed by atoms with Crippen LogP contribution in [0.25, 0.3) is 0 Å². The molecule has 2 aromatic heterocycles. The maximum atomic E-state index is 12.9. The summed E-state index contributed by atoms with van der Waals surface area (Å²) < 4.78 is 2.34. The molecular weight excluding hydrogens is 362 g/mol. The van der Waals surface area contributed by atoms with Crippen LogP contribution in [-0.4, -0.2) is 31.5 Å². The van der Waals surface area contributed by atoms with Gasteiger partial charge in [0, 0.05) is 31.9 Å². The number of hydrogen-bond donors (Lipinski definition) is 0. The van der Waals surface area contributed by atoms with Gasteiger partial charge < -0.3 is 22.5 Å². The molecule has 0 aliphatic heterocycles. The van der Waals surface area contributed by atoms with E-state index in [9.17, 15) is 4.79 Å². The Hall–Kier alpha value is -1.76. The SMILES string of the molecule is C=CCN=C([S-])[C@@H](C(=O)c1ccc(Cl)s1)[n+]1ccc(N(C)C)cc1. The number of halogens is 1. The van der Waals surface area contributed by atoms with Crippen LogP contribution in [0.5, 0.6) is 0 Å². The number of hydrogen-bond acceptors (Lipinski definition) is 5. The van der Waals surface area contributed by atoms with Crippen LogP contribution >= 0.6 is 22.9 Å². The summed E-state index contributed by atoms with van der Waals surface area (Å²) in [7, 11) is 3.92. The Morgan fingerprint density at radius 1 is 1.42 bits per heavy atom. The summed E-state index contributed by atoms with van der Waals surface area (Å²) in [5.41, 5.74) is 1.03. The highest BCUT2D eigenvalue weighted by atomic mass is 35.5. The lowest BCUT2D eigenvalue weighted by Gasteiger charge is -2.18. The number of pyridine rings is 1. The van der Waals surface area contributed by atoms with Crippen molar-refractivity contribution in [1.29, 1.82) is 0 Å². The van der Waals surface area contributed by atoms with Crippen molar-refractivity contribution in [2.24, 2.45) is 4.99 Å². The van der Waals surface area contributed by atoms with Crippen LogP contribution in [-0.2, 0) is 12.6 Å². The van der Waals surface area contributed by atoms with Crippen molar-refractivity contribution in [1.82, 2.24) is 0 Å². The van der Waals surface area contributed by atoms with Crippen molar-refractivity contribution in [3.63, 3.8) is 0 Å². The zero-order chi connectivity index (χ0) is 17.7. The zero-order valence-corrected chi connectivity index (χ0v) is 15.9. The molecule has 2 rings (SSSR count). The van der Waals surface area contributed by atoms with E-state index in [1.54, 1.807) is 22.8 Å². The fourth-order valence-electron chi connectivity index (χ4n) is 2.10. The van der Waals surface area contributed by atoms with Gasteiger partial charge in [0.1, 0.15) is 0 Å². The molecule has 0 amide bonds. The Balaban J connectivity index is 2.42. The summed E-state index contributed by atoms with van der Waals surface area (Å²) in [5.74, 6) is -0.118. The number of aromatic nitrogens is 1. The highest BCUT2D eigenvalue weighted by Crippen LogP contribution is 2.24. The molecule has 126 valence electrons. The number of rotatable bonds is 7. The molecule has 0 aliphatic carbocycles. The van der Waals surface area contributed by atoms with Crippen molar-refractivity contribution in [2.75, 3.05) is 25.5 Å². The lowest BCUT2D eigenvalue weighted by molar-refractivity contribution is -0.691. The number of Topliss-reactive ketones (excluding diaryl/α,β-unsaturated/α-hetero) is 1. The summed E-state index contributed by atoms with van der Waals surface area (Å²) in [6.07, 6.45) is 5.32. The maximum Gasteiger partial charge on any atom is 0.244 e. The number of carbonyl (C=O) groups is 1. The van der Waals surface area contributed by atoms with Gasteiger partial charge >= 0.3 is 0 Å². The summed E-state index contributed by atoms with van der Waals surface area (Å²) >= 11 is 12.6. The van der Waals surface area contributed by atoms with Crippen molar-refractivity contribution < 1.29 is 9.36 Å². The minimum atomic E-state index is -0.675. The monoisotopic (exact) mass is 379 g/mol. The number of carbonyl (C=O) groups excluding carboxylic acids is 1. The number of anilines is 1. The zero-order valence-electron chi connectivity index (χ0n) is 13.5. The second kappa shape index (κ2) is 8.37. The fourth-order valence-corrected chi connectivity index (χ4v) is 3.41. The largest absolute Gasteiger partial charge is 0.758 e. The molecule has 4 nitrogen and oxygen atoms in total. The molecule has 0 spiro atoms. The summed E-state index contributed by atoms with van der Waals surface area (Å²) in [4.78, 5) is 19.7. The van der Waals surface area contributed by atoms with Gasteiger partial charge in [-0.25, -0.2) is 0 Å². The van der Waals surface area contributed by atoms with Gasteiger partial charge in [-0.05, 0) is 17.2 Å². The first-order valence-electron chi connectivity index (χ1n) is 7.24. The summed E-state index contributed by atoms with van der Waals surface area (Å²) in [6, 6.07) is 6.61. The first kappa shape index (κ1) is 18.6. The minimum absolute atomic E-state index is 0.118. The van der Waals surface area contributed by atoms with Crippen molar-refractivity contribution in [3.8, 4) is 0 Å². The van der Waals surface area contributed by atoms with E-state index in [1.807, 2.05) is 43.5 Å². The van der Waals surface area contributed by atoms with Gasteiger partial charge in [-0.2, -0.15) is 4.57 Å². The van der Waals surface area contributed by atoms with Crippen LogP contribution < -0.4 is 9.47 Å². The topological polar surface area (TPSA) is 36.6 Å². The van der Waals surface area contributed by atoms with Gasteiger partial charge in [0.25, 0.3) is 0 Å². The molecule has 0 unspecified atom stereocenters. The number of aliphatic imine (C=N–C) groups is 1. The first-order chi connectivity index (χ1) is 11.4. The molecule has 0 aromatic carbocycles. The minimum Gasteiger partial charge on any atom is -0.758 e. The number of thiophene rings is 1. The van der Waals surface area contributed by atoms with E-state index < -0.39 is 6.04 Å². The number of ketones is 1. The van der Waals surface area contributed by atoms with E-state index in [1.165, 1.54) is 11.3 Å². The first-order valence-corrected chi connectivity index (χ1v) is 8.84. The molecule has 0 fully saturated rings. The molecule has 2 heterocycles. The molecule has 0 aliphatic rings. The van der Waals surface area contributed by atoms with E-state index in [2.05, 4.69) is 11.6 Å². The van der Waals surface area contributed by atoms with E-state index in [0.717, 1.165) is 5.69 Å². The predicted molar refractivity (Wildman–Crippen MR) is 104 cm³/mol. The van der Waals surface area contributed by atoms with Crippen molar-refractivity contribution in [3.05, 3.63) is 58.5 Å². The van der Waals surface area contributed by atoms with Crippen LogP contribution in [0.1, 0.15) is 15.7 Å². The standard InChI is InChI=1S/C17H18ClN3OS2/c1-4-9-19-17(23)15(16(22)13-5-6-14(18)24-13)21-10-7-12(8-11-21)20(2)3/h4-8,10-11,15H,1,9H2,2-3H3/t15-/m1/s1. The van der Waals surface area contributed by atoms with Gasteiger partial charge in [-0.3, -0.25) is 4.79 Å². The third-order valence-electron chi connectivity index (χ3n) is 3.32. The second-order valence-corrected chi connectivity index (χ2v) is 7.37. The molecule has 0 bridgehead atoms. The average Bonchev–Trinajstić information content (AvgIpc) is 3.00. The lowest BCUT2D eigenvalue weighted by atomic mass is 10.1. The molecule has 0 N–H and O–H groups in total. The summed E-state index contributed by atoms with van der Waals surface area (Å²) in [5, 5.41) is 0.326. The lowest BCUT2D eigenvalue weighted by Crippen LogP contribution is -2.47. The fraction of sp³-hybridized carbons (Fsp3) is 0.235. The highest BCUT2D eigenvalue weighted by Gasteiger charge is 2.29. The van der Waals surface area contributed by atoms with Crippen molar-refractivity contribution in [2.45, 2.75) is 6.04 Å². The highest BCUT2D eigenvalue weighted by molar-refractivity contribution is 7.77. The van der Waals surface area contributed by atoms with E-state index in [4.69, 9.17) is 24.2 Å². The van der Waals surface area contributed by atoms with E-state index in [0.29, 0.717) is 20.8 Å². The van der Waals surface area contributed by atoms with Crippen LogP contribution in [0.2, 0.25) is 4.34 Å². The molecule has 1 atom stereocenters.